The SMILES string of the molecule is CS(=O)(=O)c1nnnn1-c1ccc(F)c(F)c1. The van der Waals surface area contributed by atoms with Gasteiger partial charge in [0, 0.05) is 12.3 Å². The fraction of sp³-hybridized carbons (Fsp3) is 0.125. The minimum Gasteiger partial charge on any atom is -0.221 e. The molecule has 1 aromatic carbocycles. The quantitative estimate of drug-likeness (QED) is 0.778. The fourth-order valence-corrected chi connectivity index (χ4v) is 1.83. The molecule has 0 unspecified atom stereocenters. The molecule has 0 bridgehead atoms. The average molecular weight is 260 g/mol. The Morgan fingerprint density at radius 3 is 2.53 bits per heavy atom. The van der Waals surface area contributed by atoms with Crippen LogP contribution in [-0.2, 0) is 9.84 Å². The zero-order valence-electron chi connectivity index (χ0n) is 8.50. The molecule has 0 radical (unpaired) electrons. The standard InChI is InChI=1S/C8H6F2N4O2S/c1-17(15,16)8-11-12-13-14(8)5-2-3-6(9)7(10)4-5/h2-4H,1H3. The molecule has 0 saturated heterocycles. The van der Waals surface area contributed by atoms with Crippen LogP contribution in [0.5, 0.6) is 0 Å². The lowest BCUT2D eigenvalue weighted by molar-refractivity contribution is 0.506. The number of tetrazole rings is 1. The van der Waals surface area contributed by atoms with E-state index in [9.17, 15) is 17.2 Å². The van der Waals surface area contributed by atoms with Gasteiger partial charge in [0.05, 0.1) is 5.69 Å². The summed E-state index contributed by atoms with van der Waals surface area (Å²) >= 11 is 0. The summed E-state index contributed by atoms with van der Waals surface area (Å²) in [6, 6.07) is 2.84. The first-order valence-electron chi connectivity index (χ1n) is 4.33. The van der Waals surface area contributed by atoms with Gasteiger partial charge >= 0.3 is 0 Å². The fourth-order valence-electron chi connectivity index (χ4n) is 1.19. The van der Waals surface area contributed by atoms with Crippen LogP contribution in [0, 0.1) is 11.6 Å². The van der Waals surface area contributed by atoms with Crippen molar-refractivity contribution in [3.63, 3.8) is 0 Å². The molecular formula is C8H6F2N4O2S. The zero-order valence-corrected chi connectivity index (χ0v) is 9.32. The number of hydrogen-bond acceptors (Lipinski definition) is 5. The van der Waals surface area contributed by atoms with Gasteiger partial charge in [-0.3, -0.25) is 0 Å². The number of sulfone groups is 1. The predicted octanol–water partition coefficient (Wildman–Crippen LogP) is 0.344. The van der Waals surface area contributed by atoms with Crippen molar-refractivity contribution in [1.82, 2.24) is 20.2 Å². The number of benzene rings is 1. The van der Waals surface area contributed by atoms with Crippen LogP contribution in [0.25, 0.3) is 5.69 Å². The molecule has 2 rings (SSSR count). The van der Waals surface area contributed by atoms with E-state index in [1.807, 2.05) is 0 Å². The van der Waals surface area contributed by atoms with E-state index in [1.54, 1.807) is 0 Å². The van der Waals surface area contributed by atoms with Crippen LogP contribution in [0.1, 0.15) is 0 Å². The first-order valence-corrected chi connectivity index (χ1v) is 6.22. The Balaban J connectivity index is 2.62. The molecule has 6 nitrogen and oxygen atoms in total. The highest BCUT2D eigenvalue weighted by atomic mass is 32.2. The van der Waals surface area contributed by atoms with Gasteiger partial charge in [0.1, 0.15) is 0 Å². The number of hydrogen-bond donors (Lipinski definition) is 0. The monoisotopic (exact) mass is 260 g/mol. The summed E-state index contributed by atoms with van der Waals surface area (Å²) in [7, 11) is -3.65. The van der Waals surface area contributed by atoms with Gasteiger partial charge in [-0.1, -0.05) is 5.10 Å². The normalized spacial score (nSPS) is 11.7. The largest absolute Gasteiger partial charge is 0.272 e. The maximum atomic E-state index is 13.0. The van der Waals surface area contributed by atoms with Gasteiger partial charge in [0.15, 0.2) is 11.6 Å². The molecule has 0 fully saturated rings. The number of nitrogens with zero attached hydrogens (tertiary/aromatic N) is 4. The van der Waals surface area contributed by atoms with Crippen LogP contribution in [0.4, 0.5) is 8.78 Å². The van der Waals surface area contributed by atoms with Gasteiger partial charge in [0.2, 0.25) is 9.84 Å². The Bertz CT molecular complexity index is 668. The van der Waals surface area contributed by atoms with E-state index in [0.29, 0.717) is 0 Å². The van der Waals surface area contributed by atoms with E-state index < -0.39 is 26.6 Å². The number of rotatable bonds is 2. The van der Waals surface area contributed by atoms with Gasteiger partial charge in [0.25, 0.3) is 5.16 Å². The lowest BCUT2D eigenvalue weighted by atomic mass is 10.3. The molecule has 0 amide bonds. The third-order valence-electron chi connectivity index (χ3n) is 1.92. The minimum absolute atomic E-state index is 0.0225. The van der Waals surface area contributed by atoms with Crippen LogP contribution in [0.3, 0.4) is 0 Å². The second-order valence-electron chi connectivity index (χ2n) is 3.24. The Kier molecular flexibility index (Phi) is 2.62. The highest BCUT2D eigenvalue weighted by Gasteiger charge is 2.19. The molecule has 0 spiro atoms. The van der Waals surface area contributed by atoms with Crippen LogP contribution >= 0.6 is 0 Å². The summed E-state index contributed by atoms with van der Waals surface area (Å²) in [6.45, 7) is 0. The third-order valence-corrected chi connectivity index (χ3v) is 2.84. The lowest BCUT2D eigenvalue weighted by Gasteiger charge is -2.03. The molecule has 0 aliphatic carbocycles. The van der Waals surface area contributed by atoms with Crippen molar-refractivity contribution in [3.05, 3.63) is 29.8 Å². The zero-order chi connectivity index (χ0) is 12.6. The van der Waals surface area contributed by atoms with E-state index in [2.05, 4.69) is 15.5 Å². The summed E-state index contributed by atoms with van der Waals surface area (Å²) in [5.41, 5.74) is 0.0225. The van der Waals surface area contributed by atoms with Crippen molar-refractivity contribution >= 4 is 9.84 Å². The van der Waals surface area contributed by atoms with E-state index >= 15 is 0 Å². The first-order chi connectivity index (χ1) is 7.89. The summed E-state index contributed by atoms with van der Waals surface area (Å²) in [5, 5.41) is 9.47. The lowest BCUT2D eigenvalue weighted by Crippen LogP contribution is -2.09. The van der Waals surface area contributed by atoms with Crippen molar-refractivity contribution in [1.29, 1.82) is 0 Å². The Morgan fingerprint density at radius 1 is 1.24 bits per heavy atom. The summed E-state index contributed by atoms with van der Waals surface area (Å²) < 4.78 is 49.1. The molecule has 0 saturated carbocycles. The molecule has 17 heavy (non-hydrogen) atoms. The van der Waals surface area contributed by atoms with Gasteiger partial charge in [-0.25, -0.2) is 17.2 Å². The number of halogens is 2. The second-order valence-corrected chi connectivity index (χ2v) is 5.15. The molecule has 0 N–H and O–H groups in total. The van der Waals surface area contributed by atoms with Crippen molar-refractivity contribution in [3.8, 4) is 5.69 Å². The summed E-state index contributed by atoms with van der Waals surface area (Å²) in [5.74, 6) is -2.15. The molecule has 1 aromatic heterocycles. The van der Waals surface area contributed by atoms with Crippen LogP contribution in [-0.4, -0.2) is 34.9 Å². The topological polar surface area (TPSA) is 77.7 Å². The molecule has 0 aliphatic heterocycles. The molecule has 0 atom stereocenters. The predicted molar refractivity (Wildman–Crippen MR) is 52.2 cm³/mol. The van der Waals surface area contributed by atoms with Gasteiger partial charge < -0.3 is 0 Å². The average Bonchev–Trinajstić information content (AvgIpc) is 2.70. The van der Waals surface area contributed by atoms with Crippen molar-refractivity contribution in [2.45, 2.75) is 5.16 Å². The molecule has 1 heterocycles. The first kappa shape index (κ1) is 11.6. The highest BCUT2D eigenvalue weighted by molar-refractivity contribution is 7.90. The van der Waals surface area contributed by atoms with Crippen LogP contribution < -0.4 is 0 Å². The molecule has 9 heteroatoms. The van der Waals surface area contributed by atoms with E-state index in [-0.39, 0.29) is 5.69 Å². The Hall–Kier alpha value is -1.90. The minimum atomic E-state index is -3.65. The maximum Gasteiger partial charge on any atom is 0.272 e. The summed E-state index contributed by atoms with van der Waals surface area (Å²) in [6.07, 6.45) is 0.912. The van der Waals surface area contributed by atoms with Gasteiger partial charge in [-0.05, 0) is 22.6 Å². The van der Waals surface area contributed by atoms with Crippen LogP contribution in [0.15, 0.2) is 23.4 Å². The van der Waals surface area contributed by atoms with Crippen LogP contribution in [0.2, 0.25) is 0 Å². The Labute approximate surface area is 94.8 Å². The van der Waals surface area contributed by atoms with E-state index in [0.717, 1.165) is 23.1 Å². The smallest absolute Gasteiger partial charge is 0.221 e. The van der Waals surface area contributed by atoms with E-state index in [1.165, 1.54) is 6.07 Å². The summed E-state index contributed by atoms with van der Waals surface area (Å²) in [4.78, 5) is 0. The highest BCUT2D eigenvalue weighted by Crippen LogP contribution is 2.15. The maximum absolute atomic E-state index is 13.0. The number of aromatic nitrogens is 4. The molecule has 90 valence electrons. The molecular weight excluding hydrogens is 254 g/mol. The van der Waals surface area contributed by atoms with Crippen molar-refractivity contribution in [2.75, 3.05) is 6.26 Å². The van der Waals surface area contributed by atoms with Gasteiger partial charge in [-0.2, -0.15) is 4.68 Å². The third kappa shape index (κ3) is 2.13. The Morgan fingerprint density at radius 2 is 1.94 bits per heavy atom. The van der Waals surface area contributed by atoms with Gasteiger partial charge in [-0.15, -0.1) is 0 Å². The molecule has 2 aromatic rings. The molecule has 0 aliphatic rings. The second kappa shape index (κ2) is 3.84. The van der Waals surface area contributed by atoms with Crippen molar-refractivity contribution < 1.29 is 17.2 Å². The van der Waals surface area contributed by atoms with Crippen molar-refractivity contribution in [2.24, 2.45) is 0 Å². The van der Waals surface area contributed by atoms with E-state index in [4.69, 9.17) is 0 Å².